The summed E-state index contributed by atoms with van der Waals surface area (Å²) in [7, 11) is 0. The molecule has 0 saturated heterocycles. The van der Waals surface area contributed by atoms with Crippen molar-refractivity contribution in [2.24, 2.45) is 5.73 Å². The Labute approximate surface area is 80.7 Å². The molecule has 0 aliphatic rings. The summed E-state index contributed by atoms with van der Waals surface area (Å²) in [5.41, 5.74) is 5.97. The number of alkyl halides is 2. The lowest BCUT2D eigenvalue weighted by Gasteiger charge is -2.14. The summed E-state index contributed by atoms with van der Waals surface area (Å²) in [5, 5.41) is 0. The Morgan fingerprint density at radius 2 is 2.00 bits per heavy atom. The van der Waals surface area contributed by atoms with E-state index in [-0.39, 0.29) is 6.54 Å². The van der Waals surface area contributed by atoms with Gasteiger partial charge in [-0.05, 0) is 24.1 Å². The molecule has 0 fully saturated rings. The number of benzene rings is 1. The molecule has 4 heteroatoms. The Bertz CT molecular complexity index is 312. The van der Waals surface area contributed by atoms with E-state index in [4.69, 9.17) is 5.73 Å². The minimum Gasteiger partial charge on any atom is -0.330 e. The average molecular weight is 203 g/mol. The van der Waals surface area contributed by atoms with Gasteiger partial charge in [0.1, 0.15) is 5.82 Å². The van der Waals surface area contributed by atoms with Crippen molar-refractivity contribution >= 4 is 0 Å². The molecule has 0 heterocycles. The van der Waals surface area contributed by atoms with Gasteiger partial charge in [-0.15, -0.1) is 0 Å². The van der Waals surface area contributed by atoms with E-state index >= 15 is 0 Å². The molecule has 0 amide bonds. The van der Waals surface area contributed by atoms with Crippen molar-refractivity contribution in [3.63, 3.8) is 0 Å². The van der Waals surface area contributed by atoms with Gasteiger partial charge in [0.25, 0.3) is 0 Å². The minimum absolute atomic E-state index is 0.136. The Balaban J connectivity index is 3.00. The fourth-order valence-corrected chi connectivity index (χ4v) is 1.28. The molecule has 0 aliphatic carbocycles. The van der Waals surface area contributed by atoms with E-state index in [2.05, 4.69) is 0 Å². The molecule has 0 spiro atoms. The molecule has 1 unspecified atom stereocenters. The zero-order valence-corrected chi connectivity index (χ0v) is 7.81. The summed E-state index contributed by atoms with van der Waals surface area (Å²) in [6.07, 6.45) is -2.51. The standard InChI is InChI=1S/C10H12F3N/c1-6-4-7(2-3-9(6)11)8(5-14)10(12)13/h2-4,8,10H,5,14H2,1H3. The third kappa shape index (κ3) is 2.26. The molecule has 1 rings (SSSR count). The summed E-state index contributed by atoms with van der Waals surface area (Å²) < 4.78 is 37.7. The normalized spacial score (nSPS) is 13.3. The smallest absolute Gasteiger partial charge is 0.246 e. The first-order valence-corrected chi connectivity index (χ1v) is 4.30. The first kappa shape index (κ1) is 11.0. The van der Waals surface area contributed by atoms with Gasteiger partial charge in [0.05, 0.1) is 5.92 Å². The second-order valence-corrected chi connectivity index (χ2v) is 3.19. The SMILES string of the molecule is Cc1cc(C(CN)C(F)F)ccc1F. The maximum absolute atomic E-state index is 12.8. The lowest BCUT2D eigenvalue weighted by Crippen LogP contribution is -2.19. The fourth-order valence-electron chi connectivity index (χ4n) is 1.28. The summed E-state index contributed by atoms with van der Waals surface area (Å²) in [6.45, 7) is 1.40. The van der Waals surface area contributed by atoms with Crippen LogP contribution in [0.3, 0.4) is 0 Å². The van der Waals surface area contributed by atoms with Crippen LogP contribution in [0, 0.1) is 12.7 Å². The van der Waals surface area contributed by atoms with Gasteiger partial charge in [-0.1, -0.05) is 12.1 Å². The summed E-state index contributed by atoms with van der Waals surface area (Å²) in [5.74, 6) is -1.40. The van der Waals surface area contributed by atoms with Crippen LogP contribution in [0.2, 0.25) is 0 Å². The number of rotatable bonds is 3. The third-order valence-corrected chi connectivity index (χ3v) is 2.17. The van der Waals surface area contributed by atoms with Crippen molar-refractivity contribution in [3.05, 3.63) is 35.1 Å². The van der Waals surface area contributed by atoms with Crippen molar-refractivity contribution in [2.75, 3.05) is 6.54 Å². The highest BCUT2D eigenvalue weighted by Gasteiger charge is 2.21. The van der Waals surface area contributed by atoms with E-state index in [1.807, 2.05) is 0 Å². The molecule has 14 heavy (non-hydrogen) atoms. The van der Waals surface area contributed by atoms with Gasteiger partial charge in [0.15, 0.2) is 0 Å². The van der Waals surface area contributed by atoms with Crippen molar-refractivity contribution < 1.29 is 13.2 Å². The number of nitrogens with two attached hydrogens (primary N) is 1. The molecule has 1 nitrogen and oxygen atoms in total. The van der Waals surface area contributed by atoms with Crippen LogP contribution in [-0.2, 0) is 0 Å². The maximum atomic E-state index is 12.8. The van der Waals surface area contributed by atoms with E-state index in [0.29, 0.717) is 11.1 Å². The Kier molecular flexibility index (Phi) is 3.52. The fraction of sp³-hybridized carbons (Fsp3) is 0.400. The monoisotopic (exact) mass is 203 g/mol. The van der Waals surface area contributed by atoms with Crippen LogP contribution in [-0.4, -0.2) is 13.0 Å². The zero-order valence-electron chi connectivity index (χ0n) is 7.81. The van der Waals surface area contributed by atoms with E-state index in [1.54, 1.807) is 0 Å². The molecule has 1 aromatic rings. The molecule has 0 radical (unpaired) electrons. The molecule has 0 aliphatic heterocycles. The van der Waals surface area contributed by atoms with Crippen LogP contribution >= 0.6 is 0 Å². The van der Waals surface area contributed by atoms with Gasteiger partial charge in [-0.2, -0.15) is 0 Å². The third-order valence-electron chi connectivity index (χ3n) is 2.17. The molecular weight excluding hydrogens is 191 g/mol. The molecule has 1 atom stereocenters. The Morgan fingerprint density at radius 3 is 2.43 bits per heavy atom. The molecule has 0 aromatic heterocycles. The molecule has 78 valence electrons. The van der Waals surface area contributed by atoms with Crippen LogP contribution in [0.25, 0.3) is 0 Å². The van der Waals surface area contributed by atoms with Crippen LogP contribution < -0.4 is 5.73 Å². The van der Waals surface area contributed by atoms with Crippen molar-refractivity contribution in [1.82, 2.24) is 0 Å². The highest BCUT2D eigenvalue weighted by molar-refractivity contribution is 5.27. The highest BCUT2D eigenvalue weighted by Crippen LogP contribution is 2.23. The van der Waals surface area contributed by atoms with Gasteiger partial charge in [0, 0.05) is 6.54 Å². The van der Waals surface area contributed by atoms with E-state index in [1.165, 1.54) is 25.1 Å². The molecule has 0 saturated carbocycles. The molecule has 1 aromatic carbocycles. The summed E-state index contributed by atoms with van der Waals surface area (Å²) >= 11 is 0. The van der Waals surface area contributed by atoms with Gasteiger partial charge in [0.2, 0.25) is 6.43 Å². The largest absolute Gasteiger partial charge is 0.330 e. The van der Waals surface area contributed by atoms with Crippen LogP contribution in [0.15, 0.2) is 18.2 Å². The first-order chi connectivity index (χ1) is 6.56. The summed E-state index contributed by atoms with van der Waals surface area (Å²) in [6, 6.07) is 3.96. The van der Waals surface area contributed by atoms with Gasteiger partial charge in [-0.25, -0.2) is 13.2 Å². The lowest BCUT2D eigenvalue weighted by atomic mass is 9.98. The molecule has 0 bridgehead atoms. The summed E-state index contributed by atoms with van der Waals surface area (Å²) in [4.78, 5) is 0. The number of hydrogen-bond acceptors (Lipinski definition) is 1. The van der Waals surface area contributed by atoms with Crippen LogP contribution in [0.1, 0.15) is 17.0 Å². The predicted molar refractivity (Wildman–Crippen MR) is 48.9 cm³/mol. The van der Waals surface area contributed by atoms with Crippen LogP contribution in [0.4, 0.5) is 13.2 Å². The van der Waals surface area contributed by atoms with E-state index < -0.39 is 18.2 Å². The molecule has 2 N–H and O–H groups in total. The van der Waals surface area contributed by atoms with Crippen molar-refractivity contribution in [3.8, 4) is 0 Å². The van der Waals surface area contributed by atoms with Crippen LogP contribution in [0.5, 0.6) is 0 Å². The second kappa shape index (κ2) is 4.46. The maximum Gasteiger partial charge on any atom is 0.246 e. The number of halogens is 3. The van der Waals surface area contributed by atoms with Gasteiger partial charge in [-0.3, -0.25) is 0 Å². The average Bonchev–Trinajstić information content (AvgIpc) is 2.11. The zero-order chi connectivity index (χ0) is 10.7. The topological polar surface area (TPSA) is 26.0 Å². The lowest BCUT2D eigenvalue weighted by molar-refractivity contribution is 0.117. The minimum atomic E-state index is -2.51. The predicted octanol–water partition coefficient (Wildman–Crippen LogP) is 2.44. The Hall–Kier alpha value is -1.03. The van der Waals surface area contributed by atoms with Crippen molar-refractivity contribution in [1.29, 1.82) is 0 Å². The van der Waals surface area contributed by atoms with Gasteiger partial charge < -0.3 is 5.73 Å². The quantitative estimate of drug-likeness (QED) is 0.802. The van der Waals surface area contributed by atoms with Gasteiger partial charge >= 0.3 is 0 Å². The van der Waals surface area contributed by atoms with E-state index in [9.17, 15) is 13.2 Å². The van der Waals surface area contributed by atoms with Crippen molar-refractivity contribution in [2.45, 2.75) is 19.3 Å². The Morgan fingerprint density at radius 1 is 1.36 bits per heavy atom. The first-order valence-electron chi connectivity index (χ1n) is 4.30. The number of hydrogen-bond donors (Lipinski definition) is 1. The van der Waals surface area contributed by atoms with E-state index in [0.717, 1.165) is 0 Å². The number of aryl methyl sites for hydroxylation is 1. The second-order valence-electron chi connectivity index (χ2n) is 3.19. The highest BCUT2D eigenvalue weighted by atomic mass is 19.3. The molecular formula is C10H12F3N.